The van der Waals surface area contributed by atoms with E-state index in [0.29, 0.717) is 11.6 Å². The second-order valence-corrected chi connectivity index (χ2v) is 4.94. The molecule has 1 N–H and O–H groups in total. The molecule has 0 aromatic heterocycles. The molecule has 0 heterocycles. The molecule has 2 aromatic carbocycles. The van der Waals surface area contributed by atoms with Crippen LogP contribution in [-0.4, -0.2) is 6.36 Å². The molecule has 21 heavy (non-hydrogen) atoms. The SMILES string of the molecule is Cc1ccc(Cl)cc1NCc1ccc(OC(F)(F)F)cc1. The number of hydrogen-bond donors (Lipinski definition) is 1. The fraction of sp³-hybridized carbons (Fsp3) is 0.200. The molecule has 0 bridgehead atoms. The van der Waals surface area contributed by atoms with Crippen LogP contribution in [-0.2, 0) is 6.54 Å². The monoisotopic (exact) mass is 315 g/mol. The minimum atomic E-state index is -4.67. The molecule has 2 rings (SSSR count). The van der Waals surface area contributed by atoms with Crippen molar-refractivity contribution in [1.82, 2.24) is 0 Å². The maximum absolute atomic E-state index is 12.0. The summed E-state index contributed by atoms with van der Waals surface area (Å²) in [6.07, 6.45) is -4.67. The number of benzene rings is 2. The first kappa shape index (κ1) is 15.5. The van der Waals surface area contributed by atoms with Gasteiger partial charge in [-0.15, -0.1) is 13.2 Å². The predicted molar refractivity (Wildman–Crippen MR) is 76.6 cm³/mol. The average Bonchev–Trinajstić information content (AvgIpc) is 2.40. The summed E-state index contributed by atoms with van der Waals surface area (Å²) in [6, 6.07) is 11.2. The van der Waals surface area contributed by atoms with Gasteiger partial charge in [-0.1, -0.05) is 29.8 Å². The van der Waals surface area contributed by atoms with Crippen molar-refractivity contribution < 1.29 is 17.9 Å². The van der Waals surface area contributed by atoms with Crippen LogP contribution in [0.2, 0.25) is 5.02 Å². The van der Waals surface area contributed by atoms with Crippen LogP contribution in [0, 0.1) is 6.92 Å². The van der Waals surface area contributed by atoms with Gasteiger partial charge in [-0.2, -0.15) is 0 Å². The van der Waals surface area contributed by atoms with Crippen molar-refractivity contribution in [2.45, 2.75) is 19.8 Å². The van der Waals surface area contributed by atoms with Gasteiger partial charge in [-0.05, 0) is 42.3 Å². The van der Waals surface area contributed by atoms with Crippen LogP contribution >= 0.6 is 11.6 Å². The first-order valence-electron chi connectivity index (χ1n) is 6.18. The van der Waals surface area contributed by atoms with Crippen molar-refractivity contribution in [3.8, 4) is 5.75 Å². The average molecular weight is 316 g/mol. The van der Waals surface area contributed by atoms with Crippen LogP contribution in [0.25, 0.3) is 0 Å². The van der Waals surface area contributed by atoms with Crippen LogP contribution in [0.4, 0.5) is 18.9 Å². The Morgan fingerprint density at radius 2 is 1.76 bits per heavy atom. The van der Waals surface area contributed by atoms with Crippen LogP contribution < -0.4 is 10.1 Å². The highest BCUT2D eigenvalue weighted by Gasteiger charge is 2.30. The molecule has 2 aromatic rings. The van der Waals surface area contributed by atoms with Gasteiger partial charge in [0, 0.05) is 17.3 Å². The van der Waals surface area contributed by atoms with E-state index in [0.717, 1.165) is 16.8 Å². The standard InChI is InChI=1S/C15H13ClF3NO/c1-10-2-5-12(16)8-14(10)20-9-11-3-6-13(7-4-11)21-15(17,18)19/h2-8,20H,9H2,1H3. The van der Waals surface area contributed by atoms with Crippen molar-refractivity contribution >= 4 is 17.3 Å². The maximum atomic E-state index is 12.0. The molecule has 6 heteroatoms. The topological polar surface area (TPSA) is 21.3 Å². The van der Waals surface area contributed by atoms with E-state index in [1.807, 2.05) is 13.0 Å². The zero-order valence-electron chi connectivity index (χ0n) is 11.2. The van der Waals surface area contributed by atoms with E-state index < -0.39 is 6.36 Å². The Hall–Kier alpha value is -1.88. The van der Waals surface area contributed by atoms with Gasteiger partial charge in [0.25, 0.3) is 0 Å². The molecule has 0 unspecified atom stereocenters. The summed E-state index contributed by atoms with van der Waals surface area (Å²) in [5, 5.41) is 3.81. The summed E-state index contributed by atoms with van der Waals surface area (Å²) >= 11 is 5.92. The Labute approximate surface area is 125 Å². The molecule has 2 nitrogen and oxygen atoms in total. The molecule has 0 amide bonds. The third-order valence-corrected chi connectivity index (χ3v) is 3.07. The van der Waals surface area contributed by atoms with Crippen molar-refractivity contribution in [1.29, 1.82) is 0 Å². The predicted octanol–water partition coefficient (Wildman–Crippen LogP) is 5.16. The summed E-state index contributed by atoms with van der Waals surface area (Å²) in [4.78, 5) is 0. The van der Waals surface area contributed by atoms with E-state index in [-0.39, 0.29) is 5.75 Å². The minimum absolute atomic E-state index is 0.231. The highest BCUT2D eigenvalue weighted by atomic mass is 35.5. The Balaban J connectivity index is 1.99. The van der Waals surface area contributed by atoms with E-state index in [1.165, 1.54) is 12.1 Å². The summed E-state index contributed by atoms with van der Waals surface area (Å²) < 4.78 is 40.0. The third-order valence-electron chi connectivity index (χ3n) is 2.84. The highest BCUT2D eigenvalue weighted by molar-refractivity contribution is 6.30. The summed E-state index contributed by atoms with van der Waals surface area (Å²) in [5.41, 5.74) is 2.76. The molecule has 0 saturated carbocycles. The van der Waals surface area contributed by atoms with Crippen LogP contribution in [0.15, 0.2) is 42.5 Å². The van der Waals surface area contributed by atoms with E-state index in [4.69, 9.17) is 11.6 Å². The number of hydrogen-bond acceptors (Lipinski definition) is 2. The second kappa shape index (κ2) is 6.26. The zero-order valence-corrected chi connectivity index (χ0v) is 11.9. The summed E-state index contributed by atoms with van der Waals surface area (Å²) in [7, 11) is 0. The molecular formula is C15H13ClF3NO. The first-order chi connectivity index (χ1) is 9.83. The van der Waals surface area contributed by atoms with Crippen molar-refractivity contribution in [2.24, 2.45) is 0 Å². The smallest absolute Gasteiger partial charge is 0.406 e. The van der Waals surface area contributed by atoms with Crippen molar-refractivity contribution in [3.05, 3.63) is 58.6 Å². The van der Waals surface area contributed by atoms with Gasteiger partial charge in [0.05, 0.1) is 0 Å². The highest BCUT2D eigenvalue weighted by Crippen LogP contribution is 2.24. The molecule has 0 spiro atoms. The number of rotatable bonds is 4. The van der Waals surface area contributed by atoms with Crippen LogP contribution in [0.3, 0.4) is 0 Å². The molecule has 112 valence electrons. The second-order valence-electron chi connectivity index (χ2n) is 4.50. The molecule has 0 aliphatic rings. The van der Waals surface area contributed by atoms with Crippen LogP contribution in [0.1, 0.15) is 11.1 Å². The van der Waals surface area contributed by atoms with Crippen molar-refractivity contribution in [2.75, 3.05) is 5.32 Å². The van der Waals surface area contributed by atoms with Gasteiger partial charge < -0.3 is 10.1 Å². The summed E-state index contributed by atoms with van der Waals surface area (Å²) in [5.74, 6) is -0.231. The van der Waals surface area contributed by atoms with E-state index in [2.05, 4.69) is 10.1 Å². The number of ether oxygens (including phenoxy) is 1. The Kier molecular flexibility index (Phi) is 4.63. The third kappa shape index (κ3) is 4.86. The summed E-state index contributed by atoms with van der Waals surface area (Å²) in [6.45, 7) is 2.42. The molecule has 0 saturated heterocycles. The molecule has 0 atom stereocenters. The van der Waals surface area contributed by atoms with Gasteiger partial charge >= 0.3 is 6.36 Å². The number of nitrogens with one attached hydrogen (secondary N) is 1. The van der Waals surface area contributed by atoms with Gasteiger partial charge in [0.2, 0.25) is 0 Å². The van der Waals surface area contributed by atoms with E-state index in [9.17, 15) is 13.2 Å². The molecule has 0 aliphatic heterocycles. The van der Waals surface area contributed by atoms with Gasteiger partial charge in [0.15, 0.2) is 0 Å². The lowest BCUT2D eigenvalue weighted by molar-refractivity contribution is -0.274. The molecule has 0 fully saturated rings. The Morgan fingerprint density at radius 3 is 2.38 bits per heavy atom. The van der Waals surface area contributed by atoms with Gasteiger partial charge in [-0.3, -0.25) is 0 Å². The maximum Gasteiger partial charge on any atom is 0.573 e. The van der Waals surface area contributed by atoms with Crippen molar-refractivity contribution in [3.63, 3.8) is 0 Å². The lowest BCUT2D eigenvalue weighted by atomic mass is 10.1. The fourth-order valence-corrected chi connectivity index (χ4v) is 1.96. The lowest BCUT2D eigenvalue weighted by Crippen LogP contribution is -2.17. The minimum Gasteiger partial charge on any atom is -0.406 e. The fourth-order valence-electron chi connectivity index (χ4n) is 1.79. The van der Waals surface area contributed by atoms with E-state index in [1.54, 1.807) is 24.3 Å². The number of aryl methyl sites for hydroxylation is 1. The van der Waals surface area contributed by atoms with E-state index >= 15 is 0 Å². The van der Waals surface area contributed by atoms with Gasteiger partial charge in [-0.25, -0.2) is 0 Å². The molecule has 0 radical (unpaired) electrons. The normalized spacial score (nSPS) is 11.3. The van der Waals surface area contributed by atoms with Crippen LogP contribution in [0.5, 0.6) is 5.75 Å². The van der Waals surface area contributed by atoms with Gasteiger partial charge in [0.1, 0.15) is 5.75 Å². The zero-order chi connectivity index (χ0) is 15.5. The first-order valence-corrected chi connectivity index (χ1v) is 6.56. The lowest BCUT2D eigenvalue weighted by Gasteiger charge is -2.11. The number of anilines is 1. The molecular weight excluding hydrogens is 303 g/mol. The Morgan fingerprint density at radius 1 is 1.10 bits per heavy atom. The largest absolute Gasteiger partial charge is 0.573 e. The number of halogens is 4. The Bertz CT molecular complexity index is 611. The quantitative estimate of drug-likeness (QED) is 0.841. The number of alkyl halides is 3. The molecule has 0 aliphatic carbocycles.